The molecule has 0 aliphatic heterocycles. The van der Waals surface area contributed by atoms with Crippen molar-refractivity contribution in [2.45, 2.75) is 19.9 Å². The summed E-state index contributed by atoms with van der Waals surface area (Å²) in [6.07, 6.45) is 0.840. The van der Waals surface area contributed by atoms with Crippen LogP contribution >= 0.6 is 23.6 Å². The van der Waals surface area contributed by atoms with Gasteiger partial charge in [-0.3, -0.25) is 18.6 Å². The molecule has 1 amide bonds. The van der Waals surface area contributed by atoms with Gasteiger partial charge in [-0.2, -0.15) is 0 Å². The number of nitrogens with one attached hydrogen (secondary N) is 1. The monoisotopic (exact) mass is 409 g/mol. The molecule has 4 rings (SSSR count). The van der Waals surface area contributed by atoms with E-state index in [-0.39, 0.29) is 18.0 Å². The molecule has 1 N–H and O–H groups in total. The molecule has 0 atom stereocenters. The molecule has 0 bridgehead atoms. The number of hydrogen-bond donors (Lipinski definition) is 1. The van der Waals surface area contributed by atoms with Gasteiger partial charge in [-0.15, -0.1) is 11.3 Å². The van der Waals surface area contributed by atoms with Crippen molar-refractivity contribution in [2.24, 2.45) is 0 Å². The second-order valence-electron chi connectivity index (χ2n) is 6.48. The Hall–Kier alpha value is -2.77. The van der Waals surface area contributed by atoms with Crippen LogP contribution in [0.4, 0.5) is 0 Å². The first-order valence-corrected chi connectivity index (χ1v) is 10.3. The summed E-state index contributed by atoms with van der Waals surface area (Å²) in [6, 6.07) is 17.2. The quantitative estimate of drug-likeness (QED) is 0.502. The van der Waals surface area contributed by atoms with Crippen LogP contribution in [0.1, 0.15) is 13.3 Å². The van der Waals surface area contributed by atoms with Gasteiger partial charge >= 0.3 is 0 Å². The highest BCUT2D eigenvalue weighted by atomic mass is 32.1. The number of benzene rings is 2. The first-order valence-electron chi connectivity index (χ1n) is 9.11. The third-order valence-electron chi connectivity index (χ3n) is 4.57. The lowest BCUT2D eigenvalue weighted by Crippen LogP contribution is -2.33. The van der Waals surface area contributed by atoms with Crippen molar-refractivity contribution in [3.8, 4) is 10.4 Å². The maximum atomic E-state index is 13.3. The van der Waals surface area contributed by atoms with E-state index in [0.29, 0.717) is 21.5 Å². The molecule has 0 saturated heterocycles. The van der Waals surface area contributed by atoms with E-state index < -0.39 is 0 Å². The summed E-state index contributed by atoms with van der Waals surface area (Å²) in [7, 11) is 0. The number of fused-ring (bicyclic) bond motifs is 3. The summed E-state index contributed by atoms with van der Waals surface area (Å²) in [6.45, 7) is 2.53. The minimum Gasteiger partial charge on any atom is -0.355 e. The first kappa shape index (κ1) is 18.6. The molecule has 0 aliphatic carbocycles. The minimum absolute atomic E-state index is 0.0431. The Balaban J connectivity index is 2.07. The average Bonchev–Trinajstić information content (AvgIpc) is 3.07. The lowest BCUT2D eigenvalue weighted by Gasteiger charge is -2.13. The van der Waals surface area contributed by atoms with Crippen molar-refractivity contribution >= 4 is 46.0 Å². The number of thiazole rings is 1. The molecule has 2 aromatic heterocycles. The van der Waals surface area contributed by atoms with Crippen LogP contribution in [0.3, 0.4) is 0 Å². The van der Waals surface area contributed by atoms with Gasteiger partial charge in [0.25, 0.3) is 5.56 Å². The number of rotatable bonds is 5. The summed E-state index contributed by atoms with van der Waals surface area (Å²) < 4.78 is 4.10. The summed E-state index contributed by atoms with van der Waals surface area (Å²) in [4.78, 5) is 26.6. The summed E-state index contributed by atoms with van der Waals surface area (Å²) in [5, 5.41) is 3.40. The van der Waals surface area contributed by atoms with Crippen molar-refractivity contribution in [2.75, 3.05) is 6.54 Å². The molecule has 4 aromatic rings. The fraction of sp³-hybridized carbons (Fsp3) is 0.190. The van der Waals surface area contributed by atoms with Crippen molar-refractivity contribution in [3.05, 3.63) is 68.9 Å². The van der Waals surface area contributed by atoms with Crippen molar-refractivity contribution in [1.82, 2.24) is 14.3 Å². The van der Waals surface area contributed by atoms with Gasteiger partial charge in [-0.1, -0.05) is 49.4 Å². The number of hydrogen-bond acceptors (Lipinski definition) is 4. The Morgan fingerprint density at radius 1 is 1.11 bits per heavy atom. The molecule has 5 nitrogen and oxygen atoms in total. The Morgan fingerprint density at radius 2 is 1.82 bits per heavy atom. The Morgan fingerprint density at radius 3 is 2.57 bits per heavy atom. The van der Waals surface area contributed by atoms with Gasteiger partial charge in [0, 0.05) is 6.54 Å². The molecule has 0 unspecified atom stereocenters. The molecular formula is C21H19N3O2S2. The normalized spacial score (nSPS) is 11.2. The van der Waals surface area contributed by atoms with Crippen LogP contribution in [0.15, 0.2) is 59.4 Å². The fourth-order valence-electron chi connectivity index (χ4n) is 3.30. The van der Waals surface area contributed by atoms with Crippen LogP contribution in [0.5, 0.6) is 0 Å². The molecular weight excluding hydrogens is 390 g/mol. The number of carbonyl (C=O) groups is 1. The van der Waals surface area contributed by atoms with E-state index in [1.54, 1.807) is 10.6 Å². The van der Waals surface area contributed by atoms with Crippen LogP contribution in [0, 0.1) is 3.95 Å². The zero-order chi connectivity index (χ0) is 19.7. The highest BCUT2D eigenvalue weighted by Crippen LogP contribution is 2.32. The maximum Gasteiger partial charge on any atom is 0.262 e. The van der Waals surface area contributed by atoms with Gasteiger partial charge in [0.15, 0.2) is 3.95 Å². The smallest absolute Gasteiger partial charge is 0.262 e. The number of carbonyl (C=O) groups excluding carboxylic acids is 1. The number of para-hydroxylation sites is 1. The third kappa shape index (κ3) is 3.16. The standard InChI is InChI=1S/C21H19N3O2S2/c1-2-12-22-17(25)13-23-19-18(14-8-4-3-5-9-14)28-21(27)24(19)16-11-7-6-10-15(16)20(23)26/h3-11H,2,12-13H2,1H3,(H,22,25). The number of aromatic nitrogens is 2. The third-order valence-corrected chi connectivity index (χ3v) is 5.99. The summed E-state index contributed by atoms with van der Waals surface area (Å²) >= 11 is 7.10. The number of nitrogens with zero attached hydrogens (tertiary/aromatic N) is 2. The Bertz CT molecular complexity index is 1290. The lowest BCUT2D eigenvalue weighted by molar-refractivity contribution is -0.121. The van der Waals surface area contributed by atoms with E-state index >= 15 is 0 Å². The van der Waals surface area contributed by atoms with E-state index in [1.165, 1.54) is 11.3 Å². The highest BCUT2D eigenvalue weighted by Gasteiger charge is 2.19. The van der Waals surface area contributed by atoms with Gasteiger partial charge in [0.2, 0.25) is 5.91 Å². The molecule has 0 saturated carbocycles. The zero-order valence-electron chi connectivity index (χ0n) is 15.3. The molecule has 28 heavy (non-hydrogen) atoms. The molecule has 7 heteroatoms. The van der Waals surface area contributed by atoms with Gasteiger partial charge in [0.05, 0.1) is 15.8 Å². The first-order chi connectivity index (χ1) is 13.6. The topological polar surface area (TPSA) is 55.5 Å². The molecule has 0 radical (unpaired) electrons. The maximum absolute atomic E-state index is 13.3. The van der Waals surface area contributed by atoms with E-state index in [4.69, 9.17) is 12.2 Å². The molecule has 0 aliphatic rings. The highest BCUT2D eigenvalue weighted by molar-refractivity contribution is 7.73. The second-order valence-corrected chi connectivity index (χ2v) is 8.12. The van der Waals surface area contributed by atoms with Crippen LogP contribution in [0.25, 0.3) is 27.0 Å². The SMILES string of the molecule is CCCNC(=O)Cn1c(=O)c2ccccc2n2c(=S)sc(-c3ccccc3)c12. The van der Waals surface area contributed by atoms with Gasteiger partial charge in [0.1, 0.15) is 12.2 Å². The van der Waals surface area contributed by atoms with Gasteiger partial charge in [-0.05, 0) is 36.3 Å². The fourth-order valence-corrected chi connectivity index (χ4v) is 4.73. The van der Waals surface area contributed by atoms with Crippen LogP contribution in [0.2, 0.25) is 0 Å². The van der Waals surface area contributed by atoms with Crippen molar-refractivity contribution in [3.63, 3.8) is 0 Å². The average molecular weight is 410 g/mol. The Kier molecular flexibility index (Phi) is 5.11. The van der Waals surface area contributed by atoms with Crippen molar-refractivity contribution in [1.29, 1.82) is 0 Å². The molecule has 2 heterocycles. The van der Waals surface area contributed by atoms with Crippen LogP contribution in [-0.4, -0.2) is 21.4 Å². The van der Waals surface area contributed by atoms with Crippen LogP contribution < -0.4 is 10.9 Å². The van der Waals surface area contributed by atoms with Crippen LogP contribution in [-0.2, 0) is 11.3 Å². The van der Waals surface area contributed by atoms with Crippen molar-refractivity contribution < 1.29 is 4.79 Å². The predicted octanol–water partition coefficient (Wildman–Crippen LogP) is 4.24. The molecule has 0 fully saturated rings. The Labute approximate surface area is 170 Å². The summed E-state index contributed by atoms with van der Waals surface area (Å²) in [5.74, 6) is -0.183. The second kappa shape index (κ2) is 7.69. The molecule has 142 valence electrons. The minimum atomic E-state index is -0.188. The van der Waals surface area contributed by atoms with Gasteiger partial charge < -0.3 is 5.32 Å². The van der Waals surface area contributed by atoms with E-state index in [2.05, 4.69) is 5.32 Å². The van der Waals surface area contributed by atoms with E-state index in [0.717, 1.165) is 22.4 Å². The summed E-state index contributed by atoms with van der Waals surface area (Å²) in [5.41, 5.74) is 2.21. The molecule has 0 spiro atoms. The zero-order valence-corrected chi connectivity index (χ0v) is 17.0. The largest absolute Gasteiger partial charge is 0.355 e. The lowest BCUT2D eigenvalue weighted by atomic mass is 10.2. The number of amides is 1. The van der Waals surface area contributed by atoms with Gasteiger partial charge in [-0.25, -0.2) is 0 Å². The van der Waals surface area contributed by atoms with E-state index in [1.807, 2.05) is 59.9 Å². The van der Waals surface area contributed by atoms with E-state index in [9.17, 15) is 9.59 Å². The molecule has 2 aromatic carbocycles. The predicted molar refractivity (Wildman–Crippen MR) is 117 cm³/mol.